The molecule has 0 aliphatic rings. The zero-order valence-corrected chi connectivity index (χ0v) is 13.6. The Hall–Kier alpha value is -1.65. The zero-order chi connectivity index (χ0) is 15.0. The first-order chi connectivity index (χ1) is 10.0. The van der Waals surface area contributed by atoms with Gasteiger partial charge in [0.15, 0.2) is 4.96 Å². The summed E-state index contributed by atoms with van der Waals surface area (Å²) in [4.78, 5) is 5.81. The van der Waals surface area contributed by atoms with E-state index < -0.39 is 0 Å². The molecule has 2 N–H and O–H groups in total. The van der Waals surface area contributed by atoms with E-state index in [1.54, 1.807) is 11.3 Å². The second-order valence-electron chi connectivity index (χ2n) is 6.33. The van der Waals surface area contributed by atoms with Crippen LogP contribution in [0.25, 0.3) is 16.2 Å². The van der Waals surface area contributed by atoms with Crippen molar-refractivity contribution in [2.45, 2.75) is 32.6 Å². The highest BCUT2D eigenvalue weighted by atomic mass is 32.1. The maximum absolute atomic E-state index is 5.77. The Labute approximate surface area is 129 Å². The van der Waals surface area contributed by atoms with Crippen LogP contribution >= 0.6 is 11.3 Å². The van der Waals surface area contributed by atoms with Gasteiger partial charge in [-0.25, -0.2) is 4.98 Å². The minimum absolute atomic E-state index is 0.174. The Bertz CT molecular complexity index is 745. The molecule has 0 saturated carbocycles. The van der Waals surface area contributed by atoms with E-state index in [0.29, 0.717) is 6.54 Å². The molecule has 0 aliphatic carbocycles. The number of aromatic nitrogens is 2. The third kappa shape index (κ3) is 2.61. The van der Waals surface area contributed by atoms with Gasteiger partial charge in [0.25, 0.3) is 0 Å². The quantitative estimate of drug-likeness (QED) is 0.798. The molecule has 21 heavy (non-hydrogen) atoms. The average Bonchev–Trinajstić information content (AvgIpc) is 3.01. The molecule has 0 fully saturated rings. The molecule has 0 bridgehead atoms. The fourth-order valence-electron chi connectivity index (χ4n) is 2.57. The van der Waals surface area contributed by atoms with E-state index in [0.717, 1.165) is 17.1 Å². The Balaban J connectivity index is 2.07. The van der Waals surface area contributed by atoms with Crippen LogP contribution in [-0.4, -0.2) is 15.9 Å². The van der Waals surface area contributed by atoms with Crippen LogP contribution in [0.4, 0.5) is 0 Å². The van der Waals surface area contributed by atoms with Gasteiger partial charge < -0.3 is 5.73 Å². The minimum Gasteiger partial charge on any atom is -0.330 e. The summed E-state index contributed by atoms with van der Waals surface area (Å²) >= 11 is 1.66. The van der Waals surface area contributed by atoms with Gasteiger partial charge in [-0.3, -0.25) is 4.40 Å². The zero-order valence-electron chi connectivity index (χ0n) is 12.8. The number of nitrogens with two attached hydrogens (primary N) is 1. The van der Waals surface area contributed by atoms with Gasteiger partial charge in [0.2, 0.25) is 0 Å². The largest absolute Gasteiger partial charge is 0.330 e. The SMILES string of the molecule is CC(C)(C)c1ccc(-c2nc3sccn3c2CCN)cc1. The highest BCUT2D eigenvalue weighted by molar-refractivity contribution is 7.15. The van der Waals surface area contributed by atoms with Crippen LogP contribution in [0.1, 0.15) is 32.0 Å². The standard InChI is InChI=1S/C17H21N3S/c1-17(2,3)13-6-4-12(5-7-13)15-14(8-9-18)20-10-11-21-16(20)19-15/h4-7,10-11H,8-9,18H2,1-3H3. The minimum atomic E-state index is 0.174. The van der Waals surface area contributed by atoms with Crippen molar-refractivity contribution in [2.24, 2.45) is 5.73 Å². The van der Waals surface area contributed by atoms with E-state index in [4.69, 9.17) is 10.7 Å². The summed E-state index contributed by atoms with van der Waals surface area (Å²) < 4.78 is 2.16. The molecular weight excluding hydrogens is 278 g/mol. The first kappa shape index (κ1) is 14.3. The number of fused-ring (bicyclic) bond motifs is 1. The van der Waals surface area contributed by atoms with E-state index in [-0.39, 0.29) is 5.41 Å². The highest BCUT2D eigenvalue weighted by Gasteiger charge is 2.16. The fraction of sp³-hybridized carbons (Fsp3) is 0.353. The number of imidazole rings is 1. The first-order valence-corrected chi connectivity index (χ1v) is 8.14. The Morgan fingerprint density at radius 2 is 1.90 bits per heavy atom. The Kier molecular flexibility index (Phi) is 3.59. The molecule has 3 rings (SSSR count). The molecule has 0 spiro atoms. The van der Waals surface area contributed by atoms with Crippen molar-refractivity contribution >= 4 is 16.3 Å². The van der Waals surface area contributed by atoms with Crippen LogP contribution in [0.3, 0.4) is 0 Å². The maximum atomic E-state index is 5.77. The molecule has 1 aromatic carbocycles. The fourth-order valence-corrected chi connectivity index (χ4v) is 3.30. The molecule has 2 aromatic heterocycles. The molecule has 3 aromatic rings. The summed E-state index contributed by atoms with van der Waals surface area (Å²) in [5, 5.41) is 2.06. The number of hydrogen-bond acceptors (Lipinski definition) is 3. The molecule has 3 nitrogen and oxygen atoms in total. The molecule has 0 radical (unpaired) electrons. The van der Waals surface area contributed by atoms with Gasteiger partial charge in [-0.05, 0) is 17.5 Å². The topological polar surface area (TPSA) is 43.3 Å². The maximum Gasteiger partial charge on any atom is 0.194 e. The first-order valence-electron chi connectivity index (χ1n) is 7.26. The summed E-state index contributed by atoms with van der Waals surface area (Å²) in [6, 6.07) is 8.75. The molecule has 0 atom stereocenters. The van der Waals surface area contributed by atoms with Crippen LogP contribution in [0.15, 0.2) is 35.8 Å². The van der Waals surface area contributed by atoms with Crippen molar-refractivity contribution < 1.29 is 0 Å². The third-order valence-electron chi connectivity index (χ3n) is 3.77. The number of nitrogens with zero attached hydrogens (tertiary/aromatic N) is 2. The number of benzene rings is 1. The third-order valence-corrected chi connectivity index (χ3v) is 4.52. The van der Waals surface area contributed by atoms with Crippen LogP contribution < -0.4 is 5.73 Å². The van der Waals surface area contributed by atoms with Crippen molar-refractivity contribution in [1.82, 2.24) is 9.38 Å². The molecular formula is C17H21N3S. The van der Waals surface area contributed by atoms with Gasteiger partial charge in [0.05, 0.1) is 11.4 Å². The van der Waals surface area contributed by atoms with Gasteiger partial charge in [0, 0.05) is 23.6 Å². The van der Waals surface area contributed by atoms with Gasteiger partial charge in [-0.15, -0.1) is 11.3 Å². The average molecular weight is 299 g/mol. The summed E-state index contributed by atoms with van der Waals surface area (Å²) in [6.45, 7) is 7.33. The molecule has 110 valence electrons. The van der Waals surface area contributed by atoms with Crippen LogP contribution in [0, 0.1) is 0 Å². The molecule has 0 unspecified atom stereocenters. The summed E-state index contributed by atoms with van der Waals surface area (Å²) in [6.07, 6.45) is 2.92. The number of rotatable bonds is 3. The normalized spacial score (nSPS) is 12.2. The van der Waals surface area contributed by atoms with E-state index in [1.807, 2.05) is 0 Å². The van der Waals surface area contributed by atoms with Crippen molar-refractivity contribution in [3.63, 3.8) is 0 Å². The monoisotopic (exact) mass is 299 g/mol. The summed E-state index contributed by atoms with van der Waals surface area (Å²) in [5.74, 6) is 0. The lowest BCUT2D eigenvalue weighted by Gasteiger charge is -2.19. The highest BCUT2D eigenvalue weighted by Crippen LogP contribution is 2.29. The molecule has 2 heterocycles. The lowest BCUT2D eigenvalue weighted by Crippen LogP contribution is -2.10. The van der Waals surface area contributed by atoms with Gasteiger partial charge in [0.1, 0.15) is 0 Å². The molecule has 0 aliphatic heterocycles. The van der Waals surface area contributed by atoms with Crippen molar-refractivity contribution in [2.75, 3.05) is 6.54 Å². The van der Waals surface area contributed by atoms with Crippen molar-refractivity contribution in [1.29, 1.82) is 0 Å². The van der Waals surface area contributed by atoms with E-state index in [9.17, 15) is 0 Å². The van der Waals surface area contributed by atoms with Gasteiger partial charge in [-0.1, -0.05) is 45.0 Å². The summed E-state index contributed by atoms with van der Waals surface area (Å²) in [7, 11) is 0. The van der Waals surface area contributed by atoms with Crippen LogP contribution in [0.2, 0.25) is 0 Å². The second-order valence-corrected chi connectivity index (χ2v) is 7.20. The van der Waals surface area contributed by atoms with E-state index in [1.165, 1.54) is 16.8 Å². The molecule has 0 saturated heterocycles. The van der Waals surface area contributed by atoms with Crippen molar-refractivity contribution in [3.8, 4) is 11.3 Å². The second kappa shape index (κ2) is 5.28. The van der Waals surface area contributed by atoms with Gasteiger partial charge >= 0.3 is 0 Å². The number of thiazole rings is 1. The summed E-state index contributed by atoms with van der Waals surface area (Å²) in [5.41, 5.74) is 10.7. The lowest BCUT2D eigenvalue weighted by molar-refractivity contribution is 0.590. The molecule has 0 amide bonds. The van der Waals surface area contributed by atoms with Crippen molar-refractivity contribution in [3.05, 3.63) is 47.1 Å². The Morgan fingerprint density at radius 3 is 2.52 bits per heavy atom. The Morgan fingerprint density at radius 1 is 1.19 bits per heavy atom. The predicted molar refractivity (Wildman–Crippen MR) is 90.0 cm³/mol. The molecule has 4 heteroatoms. The smallest absolute Gasteiger partial charge is 0.194 e. The van der Waals surface area contributed by atoms with E-state index in [2.05, 4.69) is 61.0 Å². The van der Waals surface area contributed by atoms with E-state index >= 15 is 0 Å². The predicted octanol–water partition coefficient (Wildman–Crippen LogP) is 3.86. The number of hydrogen-bond donors (Lipinski definition) is 1. The van der Waals surface area contributed by atoms with Gasteiger partial charge in [-0.2, -0.15) is 0 Å². The van der Waals surface area contributed by atoms with Crippen LogP contribution in [0.5, 0.6) is 0 Å². The lowest BCUT2D eigenvalue weighted by atomic mass is 9.86. The van der Waals surface area contributed by atoms with Crippen LogP contribution in [-0.2, 0) is 11.8 Å².